The Morgan fingerprint density at radius 1 is 1.31 bits per heavy atom. The first-order valence-electron chi connectivity index (χ1n) is 7.33. The van der Waals surface area contributed by atoms with Crippen LogP contribution < -0.4 is 15.5 Å². The summed E-state index contributed by atoms with van der Waals surface area (Å²) in [5.74, 6) is -0.660. The fourth-order valence-electron chi connectivity index (χ4n) is 1.95. The number of hydrogen-bond acceptors (Lipinski definition) is 5. The Morgan fingerprint density at radius 3 is 2.73 bits per heavy atom. The summed E-state index contributed by atoms with van der Waals surface area (Å²) in [5.41, 5.74) is 3.50. The lowest BCUT2D eigenvalue weighted by molar-refractivity contribution is -0.126. The number of para-hydroxylation sites is 1. The number of hydrogen-bond donors (Lipinski definition) is 3. The van der Waals surface area contributed by atoms with Crippen LogP contribution in [0.15, 0.2) is 46.0 Å². The zero-order chi connectivity index (χ0) is 19.1. The monoisotopic (exact) mass is 531 g/mol. The Morgan fingerprint density at radius 2 is 2.04 bits per heavy atom. The molecule has 0 bridgehead atoms. The van der Waals surface area contributed by atoms with Crippen LogP contribution in [0.2, 0.25) is 0 Å². The summed E-state index contributed by atoms with van der Waals surface area (Å²) in [4.78, 5) is 23.7. The molecule has 2 rings (SSSR count). The van der Waals surface area contributed by atoms with Crippen LogP contribution in [-0.2, 0) is 9.59 Å². The van der Waals surface area contributed by atoms with E-state index in [2.05, 4.69) is 31.8 Å². The van der Waals surface area contributed by atoms with Crippen molar-refractivity contribution in [1.82, 2.24) is 5.43 Å². The first-order valence-corrected chi connectivity index (χ1v) is 9.20. The van der Waals surface area contributed by atoms with Crippen LogP contribution in [0.4, 0.5) is 5.69 Å². The third-order valence-electron chi connectivity index (χ3n) is 3.14. The van der Waals surface area contributed by atoms with Crippen LogP contribution in [0, 0.1) is 3.57 Å². The Bertz CT molecular complexity index is 858. The molecule has 0 aromatic heterocycles. The molecule has 2 amide bonds. The van der Waals surface area contributed by atoms with E-state index in [1.54, 1.807) is 30.3 Å². The molecular weight excluding hydrogens is 517 g/mol. The van der Waals surface area contributed by atoms with Gasteiger partial charge in [-0.1, -0.05) is 12.1 Å². The number of nitrogens with zero attached hydrogens (tertiary/aromatic N) is 1. The molecule has 0 unspecified atom stereocenters. The fourth-order valence-corrected chi connectivity index (χ4v) is 2.95. The van der Waals surface area contributed by atoms with E-state index < -0.39 is 11.8 Å². The summed E-state index contributed by atoms with van der Waals surface area (Å²) < 4.78 is 6.36. The van der Waals surface area contributed by atoms with Crippen LogP contribution in [0.5, 0.6) is 11.5 Å². The SMILES string of the molecule is COc1cc(/C=N/NC(=O)CC(=O)Nc2ccccc2Br)cc(I)c1O. The Labute approximate surface area is 172 Å². The van der Waals surface area contributed by atoms with Gasteiger partial charge in [0.1, 0.15) is 6.42 Å². The van der Waals surface area contributed by atoms with Crippen LogP contribution >= 0.6 is 38.5 Å². The topological polar surface area (TPSA) is 100 Å². The highest BCUT2D eigenvalue weighted by atomic mass is 127. The second-order valence-corrected chi connectivity index (χ2v) is 7.07. The molecule has 0 saturated heterocycles. The quantitative estimate of drug-likeness (QED) is 0.230. The number of phenolic OH excluding ortho intramolecular Hbond substituents is 1. The molecule has 0 fully saturated rings. The lowest BCUT2D eigenvalue weighted by Gasteiger charge is -2.07. The number of nitrogens with one attached hydrogen (secondary N) is 2. The maximum atomic E-state index is 11.9. The third kappa shape index (κ3) is 5.70. The van der Waals surface area contributed by atoms with Gasteiger partial charge >= 0.3 is 0 Å². The van der Waals surface area contributed by atoms with E-state index in [0.29, 0.717) is 20.6 Å². The zero-order valence-electron chi connectivity index (χ0n) is 13.6. The normalized spacial score (nSPS) is 10.6. The number of carbonyl (C=O) groups is 2. The van der Waals surface area contributed by atoms with E-state index in [1.807, 2.05) is 28.7 Å². The summed E-state index contributed by atoms with van der Waals surface area (Å²) in [6, 6.07) is 10.4. The van der Waals surface area contributed by atoms with Crippen molar-refractivity contribution in [1.29, 1.82) is 0 Å². The van der Waals surface area contributed by atoms with Crippen molar-refractivity contribution in [2.45, 2.75) is 6.42 Å². The average Bonchev–Trinajstić information content (AvgIpc) is 2.59. The average molecular weight is 532 g/mol. The van der Waals surface area contributed by atoms with Gasteiger partial charge in [0.2, 0.25) is 11.8 Å². The molecule has 2 aromatic rings. The number of rotatable bonds is 6. The van der Waals surface area contributed by atoms with Gasteiger partial charge in [-0.2, -0.15) is 5.10 Å². The highest BCUT2D eigenvalue weighted by molar-refractivity contribution is 14.1. The van der Waals surface area contributed by atoms with Crippen LogP contribution in [-0.4, -0.2) is 30.2 Å². The maximum Gasteiger partial charge on any atom is 0.249 e. The molecule has 0 radical (unpaired) electrons. The predicted octanol–water partition coefficient (Wildman–Crippen LogP) is 3.25. The van der Waals surface area contributed by atoms with Gasteiger partial charge in [-0.25, -0.2) is 5.43 Å². The second-order valence-electron chi connectivity index (χ2n) is 5.05. The number of benzene rings is 2. The number of ether oxygens (including phenoxy) is 1. The maximum absolute atomic E-state index is 11.9. The van der Waals surface area contributed by atoms with Crippen molar-refractivity contribution < 1.29 is 19.4 Å². The number of hydrazone groups is 1. The molecule has 136 valence electrons. The summed E-state index contributed by atoms with van der Waals surface area (Å²) in [5, 5.41) is 16.2. The lowest BCUT2D eigenvalue weighted by atomic mass is 10.2. The van der Waals surface area contributed by atoms with Gasteiger partial charge in [0.25, 0.3) is 0 Å². The first kappa shape index (κ1) is 20.2. The first-order chi connectivity index (χ1) is 12.4. The molecule has 0 aliphatic rings. The van der Waals surface area contributed by atoms with E-state index in [0.717, 1.165) is 4.47 Å². The number of methoxy groups -OCH3 is 1. The number of amides is 2. The third-order valence-corrected chi connectivity index (χ3v) is 4.66. The number of phenols is 1. The van der Waals surface area contributed by atoms with Crippen LogP contribution in [0.1, 0.15) is 12.0 Å². The second kappa shape index (κ2) is 9.53. The Balaban J connectivity index is 1.90. The molecule has 9 heteroatoms. The minimum absolute atomic E-state index is 0.0398. The highest BCUT2D eigenvalue weighted by Crippen LogP contribution is 2.31. The molecule has 0 aliphatic carbocycles. The molecule has 7 nitrogen and oxygen atoms in total. The molecule has 2 aromatic carbocycles. The lowest BCUT2D eigenvalue weighted by Crippen LogP contribution is -2.24. The van der Waals surface area contributed by atoms with Gasteiger partial charge in [-0.05, 0) is 68.3 Å². The molecule has 0 heterocycles. The molecule has 0 saturated carbocycles. The molecule has 0 spiro atoms. The van der Waals surface area contributed by atoms with Gasteiger partial charge in [0.05, 0.1) is 22.6 Å². The Hall–Kier alpha value is -2.14. The summed E-state index contributed by atoms with van der Waals surface area (Å²) in [6.45, 7) is 0. The Kier molecular flexibility index (Phi) is 7.39. The minimum atomic E-state index is -0.550. The molecular formula is C17H15BrIN3O4. The largest absolute Gasteiger partial charge is 0.504 e. The smallest absolute Gasteiger partial charge is 0.249 e. The zero-order valence-corrected chi connectivity index (χ0v) is 17.4. The van der Waals surface area contributed by atoms with Crippen molar-refractivity contribution in [2.75, 3.05) is 12.4 Å². The van der Waals surface area contributed by atoms with Gasteiger partial charge < -0.3 is 15.2 Å². The van der Waals surface area contributed by atoms with E-state index in [9.17, 15) is 14.7 Å². The van der Waals surface area contributed by atoms with Crippen molar-refractivity contribution >= 4 is 62.2 Å². The predicted molar refractivity (Wildman–Crippen MR) is 111 cm³/mol. The van der Waals surface area contributed by atoms with E-state index >= 15 is 0 Å². The molecule has 26 heavy (non-hydrogen) atoms. The summed E-state index contributed by atoms with van der Waals surface area (Å²) >= 11 is 5.27. The van der Waals surface area contributed by atoms with Crippen molar-refractivity contribution in [3.8, 4) is 11.5 Å². The molecule has 0 atom stereocenters. The van der Waals surface area contributed by atoms with Gasteiger partial charge in [0.15, 0.2) is 11.5 Å². The van der Waals surface area contributed by atoms with Crippen molar-refractivity contribution in [3.63, 3.8) is 0 Å². The summed E-state index contributed by atoms with van der Waals surface area (Å²) in [7, 11) is 1.44. The van der Waals surface area contributed by atoms with E-state index in [1.165, 1.54) is 13.3 Å². The molecule has 0 aliphatic heterocycles. The fraction of sp³-hybridized carbons (Fsp3) is 0.118. The van der Waals surface area contributed by atoms with Crippen molar-refractivity contribution in [3.05, 3.63) is 50.0 Å². The van der Waals surface area contributed by atoms with E-state index in [-0.39, 0.29) is 12.2 Å². The molecule has 3 N–H and O–H groups in total. The number of carbonyl (C=O) groups excluding carboxylic acids is 2. The van der Waals surface area contributed by atoms with Gasteiger partial charge in [-0.3, -0.25) is 9.59 Å². The minimum Gasteiger partial charge on any atom is -0.504 e. The van der Waals surface area contributed by atoms with E-state index in [4.69, 9.17) is 4.74 Å². The van der Waals surface area contributed by atoms with Crippen LogP contribution in [0.25, 0.3) is 0 Å². The van der Waals surface area contributed by atoms with Crippen LogP contribution in [0.3, 0.4) is 0 Å². The number of anilines is 1. The standard InChI is InChI=1S/C17H15BrIN3O4/c1-26-14-7-10(6-12(19)17(14)25)9-20-22-16(24)8-15(23)21-13-5-3-2-4-11(13)18/h2-7,9,25H,8H2,1H3,(H,21,23)(H,22,24)/b20-9+. The van der Waals surface area contributed by atoms with Gasteiger partial charge in [0, 0.05) is 4.47 Å². The van der Waals surface area contributed by atoms with Crippen molar-refractivity contribution in [2.24, 2.45) is 5.10 Å². The number of aromatic hydroxyl groups is 1. The van der Waals surface area contributed by atoms with Gasteiger partial charge in [-0.15, -0.1) is 0 Å². The highest BCUT2D eigenvalue weighted by Gasteiger charge is 2.11. The summed E-state index contributed by atoms with van der Waals surface area (Å²) in [6.07, 6.45) is 1.03. The number of halogens is 2.